The fraction of sp³-hybridized carbons (Fsp3) is 0.208. The maximum Gasteiger partial charge on any atom is 0.418 e. The predicted octanol–water partition coefficient (Wildman–Crippen LogP) is 3.90. The number of hydrazone groups is 1. The van der Waals surface area contributed by atoms with Crippen LogP contribution in [0.25, 0.3) is 10.8 Å². The first kappa shape index (κ1) is 21.9. The second-order valence-corrected chi connectivity index (χ2v) is 8.13. The van der Waals surface area contributed by atoms with Gasteiger partial charge in [-0.25, -0.2) is 10.4 Å². The third kappa shape index (κ3) is 4.08. The van der Waals surface area contributed by atoms with E-state index in [0.717, 1.165) is 27.4 Å². The largest absolute Gasteiger partial charge is 0.418 e. The number of hydrazine groups is 1. The van der Waals surface area contributed by atoms with Crippen molar-refractivity contribution in [2.45, 2.75) is 24.7 Å². The number of carbonyl (C=O) groups excluding carboxylic acids is 2. The third-order valence-corrected chi connectivity index (χ3v) is 5.95. The van der Waals surface area contributed by atoms with Crippen molar-refractivity contribution in [2.24, 2.45) is 5.10 Å². The van der Waals surface area contributed by atoms with Crippen LogP contribution in [0.3, 0.4) is 0 Å². The van der Waals surface area contributed by atoms with E-state index >= 15 is 0 Å². The normalized spacial score (nSPS) is 20.0. The number of nitrogens with one attached hydrogen (secondary N) is 2. The van der Waals surface area contributed by atoms with Gasteiger partial charge in [0.05, 0.1) is 17.3 Å². The van der Waals surface area contributed by atoms with Crippen LogP contribution in [-0.2, 0) is 15.8 Å². The number of amides is 2. The van der Waals surface area contributed by atoms with Crippen LogP contribution in [-0.4, -0.2) is 40.8 Å². The Bertz CT molecular complexity index is 1290. The zero-order chi connectivity index (χ0) is 23.9. The van der Waals surface area contributed by atoms with E-state index < -0.39 is 36.1 Å². The van der Waals surface area contributed by atoms with E-state index in [9.17, 15) is 22.8 Å². The molecule has 174 valence electrons. The second kappa shape index (κ2) is 8.45. The zero-order valence-corrected chi connectivity index (χ0v) is 17.8. The Morgan fingerprint density at radius 1 is 1.06 bits per heavy atom. The number of alkyl halides is 3. The molecule has 2 amide bonds. The summed E-state index contributed by atoms with van der Waals surface area (Å²) in [5.74, 6) is -1.18. The molecule has 5 rings (SSSR count). The van der Waals surface area contributed by atoms with Gasteiger partial charge < -0.3 is 5.32 Å². The summed E-state index contributed by atoms with van der Waals surface area (Å²) in [5, 5.41) is 11.0. The number of fused-ring (bicyclic) bond motifs is 2. The van der Waals surface area contributed by atoms with Crippen molar-refractivity contribution in [2.75, 3.05) is 11.9 Å². The fourth-order valence-electron chi connectivity index (χ4n) is 4.37. The molecule has 7 nitrogen and oxygen atoms in total. The third-order valence-electron chi connectivity index (χ3n) is 5.95. The molecule has 1 saturated heterocycles. The highest BCUT2D eigenvalue weighted by Gasteiger charge is 2.42. The van der Waals surface area contributed by atoms with Crippen molar-refractivity contribution in [3.05, 3.63) is 77.9 Å². The Morgan fingerprint density at radius 3 is 2.62 bits per heavy atom. The summed E-state index contributed by atoms with van der Waals surface area (Å²) in [5.41, 5.74) is 3.00. The zero-order valence-electron chi connectivity index (χ0n) is 17.8. The van der Waals surface area contributed by atoms with Gasteiger partial charge in [0.15, 0.2) is 0 Å². The summed E-state index contributed by atoms with van der Waals surface area (Å²) in [6.07, 6.45) is -2.74. The molecule has 34 heavy (non-hydrogen) atoms. The number of nitrogens with zero attached hydrogens (tertiary/aromatic N) is 3. The van der Waals surface area contributed by atoms with E-state index in [2.05, 4.69) is 15.8 Å². The first-order chi connectivity index (χ1) is 16.3. The summed E-state index contributed by atoms with van der Waals surface area (Å²) in [7, 11) is 0. The van der Waals surface area contributed by atoms with Gasteiger partial charge in [-0.05, 0) is 34.9 Å². The minimum Gasteiger partial charge on any atom is -0.324 e. The minimum atomic E-state index is -4.62. The number of anilines is 1. The summed E-state index contributed by atoms with van der Waals surface area (Å²) < 4.78 is 39.6. The van der Waals surface area contributed by atoms with E-state index in [-0.39, 0.29) is 11.7 Å². The molecule has 2 unspecified atom stereocenters. The summed E-state index contributed by atoms with van der Waals surface area (Å²) in [6.45, 7) is -0.495. The van der Waals surface area contributed by atoms with Crippen molar-refractivity contribution in [1.82, 2.24) is 15.4 Å². The highest BCUT2D eigenvalue weighted by atomic mass is 19.4. The van der Waals surface area contributed by atoms with Crippen molar-refractivity contribution < 1.29 is 22.8 Å². The van der Waals surface area contributed by atoms with Gasteiger partial charge >= 0.3 is 6.18 Å². The first-order valence-electron chi connectivity index (χ1n) is 10.6. The average molecular weight is 467 g/mol. The number of hydrogen-bond donors (Lipinski definition) is 2. The highest BCUT2D eigenvalue weighted by Crippen LogP contribution is 2.35. The molecule has 0 spiro atoms. The lowest BCUT2D eigenvalue weighted by molar-refractivity contribution is -0.139. The van der Waals surface area contributed by atoms with Crippen LogP contribution >= 0.6 is 0 Å². The van der Waals surface area contributed by atoms with Crippen LogP contribution in [0, 0.1) is 0 Å². The number of halogens is 3. The molecule has 10 heteroatoms. The second-order valence-electron chi connectivity index (χ2n) is 8.13. The molecule has 1 fully saturated rings. The maximum absolute atomic E-state index is 13.2. The van der Waals surface area contributed by atoms with Crippen LogP contribution in [0.1, 0.15) is 23.6 Å². The van der Waals surface area contributed by atoms with E-state index in [0.29, 0.717) is 6.42 Å². The molecule has 0 bridgehead atoms. The Morgan fingerprint density at radius 2 is 1.79 bits per heavy atom. The van der Waals surface area contributed by atoms with Gasteiger partial charge in [-0.3, -0.25) is 14.6 Å². The molecule has 0 saturated carbocycles. The van der Waals surface area contributed by atoms with Crippen LogP contribution < -0.4 is 10.7 Å². The van der Waals surface area contributed by atoms with Gasteiger partial charge in [-0.15, -0.1) is 0 Å². The Balaban J connectivity index is 1.29. The maximum atomic E-state index is 13.2. The summed E-state index contributed by atoms with van der Waals surface area (Å²) in [6, 6.07) is 17.9. The lowest BCUT2D eigenvalue weighted by Gasteiger charge is -2.29. The van der Waals surface area contributed by atoms with E-state index in [1.54, 1.807) is 5.01 Å². The van der Waals surface area contributed by atoms with E-state index in [1.165, 1.54) is 24.5 Å². The lowest BCUT2D eigenvalue weighted by Crippen LogP contribution is -2.52. The van der Waals surface area contributed by atoms with Gasteiger partial charge in [-0.2, -0.15) is 18.3 Å². The Kier molecular flexibility index (Phi) is 5.45. The monoisotopic (exact) mass is 467 g/mol. The fourth-order valence-corrected chi connectivity index (χ4v) is 4.37. The number of rotatable bonds is 4. The topological polar surface area (TPSA) is 77.0 Å². The van der Waals surface area contributed by atoms with Crippen LogP contribution in [0.5, 0.6) is 0 Å². The number of benzene rings is 3. The SMILES string of the molecule is O=C(CN1N=CN2NC(c3cccc4ccccc34)CC2C1=O)Nc1ccccc1C(F)(F)F. The van der Waals surface area contributed by atoms with Crippen LogP contribution in [0.4, 0.5) is 18.9 Å². The number of para-hydroxylation sites is 1. The number of carbonyl (C=O) groups is 2. The molecule has 2 aliphatic heterocycles. The minimum absolute atomic E-state index is 0.140. The van der Waals surface area contributed by atoms with E-state index in [1.807, 2.05) is 42.5 Å². The molecular formula is C24H20F3N5O2. The first-order valence-corrected chi connectivity index (χ1v) is 10.6. The molecule has 3 aromatic rings. The molecule has 3 aromatic carbocycles. The van der Waals surface area contributed by atoms with E-state index in [4.69, 9.17) is 0 Å². The van der Waals surface area contributed by atoms with Crippen molar-refractivity contribution in [3.63, 3.8) is 0 Å². The van der Waals surface area contributed by atoms with Crippen LogP contribution in [0.2, 0.25) is 0 Å². The highest BCUT2D eigenvalue weighted by molar-refractivity contribution is 5.97. The summed E-state index contributed by atoms with van der Waals surface area (Å²) in [4.78, 5) is 25.5. The quantitative estimate of drug-likeness (QED) is 0.610. The molecular weight excluding hydrogens is 447 g/mol. The smallest absolute Gasteiger partial charge is 0.324 e. The van der Waals surface area contributed by atoms with Crippen LogP contribution in [0.15, 0.2) is 71.8 Å². The van der Waals surface area contributed by atoms with Gasteiger partial charge in [-0.1, -0.05) is 54.6 Å². The van der Waals surface area contributed by atoms with Gasteiger partial charge in [0.2, 0.25) is 5.91 Å². The van der Waals surface area contributed by atoms with Gasteiger partial charge in [0.25, 0.3) is 5.91 Å². The predicted molar refractivity (Wildman–Crippen MR) is 120 cm³/mol. The molecule has 0 aromatic heterocycles. The molecule has 2 heterocycles. The lowest BCUT2D eigenvalue weighted by atomic mass is 9.96. The van der Waals surface area contributed by atoms with Crippen molar-refractivity contribution in [1.29, 1.82) is 0 Å². The molecule has 2 aliphatic rings. The summed E-state index contributed by atoms with van der Waals surface area (Å²) >= 11 is 0. The average Bonchev–Trinajstić information content (AvgIpc) is 3.25. The Labute approximate surface area is 192 Å². The Hall–Kier alpha value is -3.92. The standard InChI is InChI=1S/C24H20F3N5O2/c25-24(26,27)18-10-3-4-11-19(18)29-22(33)13-31-23(34)21-12-20(30-32(21)14-28-31)17-9-5-7-15-6-1-2-8-16(15)17/h1-11,14,20-21,30H,12-13H2,(H,29,33). The van der Waals surface area contributed by atoms with Crippen molar-refractivity contribution >= 4 is 34.6 Å². The van der Waals surface area contributed by atoms with Gasteiger partial charge in [0.1, 0.15) is 18.9 Å². The van der Waals surface area contributed by atoms with Crippen molar-refractivity contribution in [3.8, 4) is 0 Å². The molecule has 2 atom stereocenters. The molecule has 2 N–H and O–H groups in total. The van der Waals surface area contributed by atoms with Gasteiger partial charge in [0, 0.05) is 0 Å². The molecule has 0 radical (unpaired) electrons. The number of hydrogen-bond acceptors (Lipinski definition) is 5. The molecule has 0 aliphatic carbocycles.